The molecule has 0 aliphatic rings. The molecule has 132 valence electrons. The summed E-state index contributed by atoms with van der Waals surface area (Å²) >= 11 is 12.2. The van der Waals surface area contributed by atoms with Gasteiger partial charge in [-0.05, 0) is 29.8 Å². The van der Waals surface area contributed by atoms with Crippen molar-refractivity contribution in [2.75, 3.05) is 0 Å². The summed E-state index contributed by atoms with van der Waals surface area (Å²) < 4.78 is 13.8. The number of furan rings is 1. The third-order valence-electron chi connectivity index (χ3n) is 4.04. The summed E-state index contributed by atoms with van der Waals surface area (Å²) in [5.41, 5.74) is 1.68. The summed E-state index contributed by atoms with van der Waals surface area (Å²) in [6, 6.07) is 15.2. The molecule has 0 saturated heterocycles. The smallest absolute Gasteiger partial charge is 0.137 e. The van der Waals surface area contributed by atoms with Gasteiger partial charge in [-0.3, -0.25) is 0 Å². The zero-order valence-corrected chi connectivity index (χ0v) is 15.2. The Morgan fingerprint density at radius 1 is 1.12 bits per heavy atom. The summed E-state index contributed by atoms with van der Waals surface area (Å²) in [6.45, 7) is 0.803. The fraction of sp³-hybridized carbons (Fsp3) is 0.158. The number of fused-ring (bicyclic) bond motifs is 1. The topological polar surface area (TPSA) is 53.1 Å². The van der Waals surface area contributed by atoms with E-state index in [2.05, 4.69) is 10.1 Å². The minimum Gasteiger partial charge on any atom is -0.458 e. The Morgan fingerprint density at radius 3 is 2.77 bits per heavy atom. The van der Waals surface area contributed by atoms with Crippen molar-refractivity contribution in [2.24, 2.45) is 0 Å². The molecule has 1 atom stereocenters. The molecule has 0 radical (unpaired) electrons. The first kappa shape index (κ1) is 17.1. The second kappa shape index (κ2) is 7.50. The molecule has 2 aromatic carbocycles. The van der Waals surface area contributed by atoms with Gasteiger partial charge < -0.3 is 9.15 Å². The lowest BCUT2D eigenvalue weighted by Crippen LogP contribution is -2.13. The van der Waals surface area contributed by atoms with Crippen molar-refractivity contribution < 1.29 is 9.15 Å². The minimum atomic E-state index is -0.337. The van der Waals surface area contributed by atoms with Crippen molar-refractivity contribution in [1.82, 2.24) is 14.8 Å². The van der Waals surface area contributed by atoms with Crippen LogP contribution in [0.2, 0.25) is 10.0 Å². The third-order valence-corrected chi connectivity index (χ3v) is 4.62. The van der Waals surface area contributed by atoms with Gasteiger partial charge in [0, 0.05) is 15.4 Å². The predicted octanol–water partition coefficient (Wildman–Crippen LogP) is 5.29. The van der Waals surface area contributed by atoms with E-state index in [1.807, 2.05) is 36.4 Å². The first-order valence-electron chi connectivity index (χ1n) is 8.05. The monoisotopic (exact) mass is 387 g/mol. The van der Waals surface area contributed by atoms with E-state index in [0.717, 1.165) is 22.3 Å². The molecule has 2 heterocycles. The number of aromatic nitrogens is 3. The largest absolute Gasteiger partial charge is 0.458 e. The molecular weight excluding hydrogens is 373 g/mol. The summed E-state index contributed by atoms with van der Waals surface area (Å²) in [5.74, 6) is 0.729. The van der Waals surface area contributed by atoms with E-state index < -0.39 is 0 Å². The highest BCUT2D eigenvalue weighted by molar-refractivity contribution is 6.35. The molecule has 26 heavy (non-hydrogen) atoms. The summed E-state index contributed by atoms with van der Waals surface area (Å²) in [6.07, 6.45) is 2.80. The lowest BCUT2D eigenvalue weighted by Gasteiger charge is -2.16. The van der Waals surface area contributed by atoms with Crippen LogP contribution in [0.15, 0.2) is 65.6 Å². The zero-order valence-electron chi connectivity index (χ0n) is 13.7. The minimum absolute atomic E-state index is 0.326. The molecule has 5 nitrogen and oxygen atoms in total. The van der Waals surface area contributed by atoms with Crippen LogP contribution in [0, 0.1) is 0 Å². The van der Waals surface area contributed by atoms with Crippen molar-refractivity contribution >= 4 is 34.2 Å². The van der Waals surface area contributed by atoms with Crippen LogP contribution in [-0.2, 0) is 17.9 Å². The van der Waals surface area contributed by atoms with E-state index in [1.165, 1.54) is 6.33 Å². The van der Waals surface area contributed by atoms with Gasteiger partial charge in [0.15, 0.2) is 0 Å². The lowest BCUT2D eigenvalue weighted by atomic mass is 10.2. The molecule has 0 saturated carbocycles. The Balaban J connectivity index is 1.59. The average Bonchev–Trinajstić information content (AvgIpc) is 3.29. The Bertz CT molecular complexity index is 982. The maximum atomic E-state index is 6.25. The number of nitrogens with zero attached hydrogens (tertiary/aromatic N) is 3. The van der Waals surface area contributed by atoms with Crippen molar-refractivity contribution in [3.05, 3.63) is 82.6 Å². The number of benzene rings is 2. The fourth-order valence-corrected chi connectivity index (χ4v) is 3.17. The molecule has 0 bridgehead atoms. The molecule has 0 aliphatic heterocycles. The van der Waals surface area contributed by atoms with Gasteiger partial charge in [0.05, 0.1) is 13.2 Å². The Labute approximate surface area is 160 Å². The van der Waals surface area contributed by atoms with E-state index in [1.54, 1.807) is 23.1 Å². The molecular formula is C19H15Cl2N3O2. The second-order valence-electron chi connectivity index (χ2n) is 5.84. The van der Waals surface area contributed by atoms with E-state index >= 15 is 0 Å². The van der Waals surface area contributed by atoms with Crippen molar-refractivity contribution in [2.45, 2.75) is 19.3 Å². The standard InChI is InChI=1S/C19H15Cl2N3O2/c20-15-6-5-14(16(21)8-15)10-25-19(9-24-12-22-11-23-24)18-7-13-3-1-2-4-17(13)26-18/h1-8,11-12,19H,9-10H2. The van der Waals surface area contributed by atoms with Crippen molar-refractivity contribution in [3.63, 3.8) is 0 Å². The van der Waals surface area contributed by atoms with Crippen LogP contribution in [0.5, 0.6) is 0 Å². The average molecular weight is 388 g/mol. The highest BCUT2D eigenvalue weighted by Crippen LogP contribution is 2.29. The summed E-state index contributed by atoms with van der Waals surface area (Å²) in [5, 5.41) is 6.35. The van der Waals surface area contributed by atoms with Crippen LogP contribution in [0.25, 0.3) is 11.0 Å². The van der Waals surface area contributed by atoms with Crippen molar-refractivity contribution in [3.8, 4) is 0 Å². The first-order chi connectivity index (χ1) is 12.7. The first-order valence-corrected chi connectivity index (χ1v) is 8.81. The lowest BCUT2D eigenvalue weighted by molar-refractivity contribution is 0.0127. The number of hydrogen-bond acceptors (Lipinski definition) is 4. The van der Waals surface area contributed by atoms with Gasteiger partial charge in [0.1, 0.15) is 30.1 Å². The number of ether oxygens (including phenoxy) is 1. The molecule has 4 rings (SSSR count). The predicted molar refractivity (Wildman–Crippen MR) is 100 cm³/mol. The highest BCUT2D eigenvalue weighted by Gasteiger charge is 2.19. The van der Waals surface area contributed by atoms with Crippen LogP contribution in [0.1, 0.15) is 17.4 Å². The molecule has 0 aliphatic carbocycles. The molecule has 0 fully saturated rings. The number of rotatable bonds is 6. The fourth-order valence-electron chi connectivity index (χ4n) is 2.71. The van der Waals surface area contributed by atoms with E-state index in [4.69, 9.17) is 32.4 Å². The molecule has 2 aromatic heterocycles. The van der Waals surface area contributed by atoms with Gasteiger partial charge in [-0.15, -0.1) is 0 Å². The number of halogens is 2. The van der Waals surface area contributed by atoms with Gasteiger partial charge in [0.25, 0.3) is 0 Å². The molecule has 4 aromatic rings. The Hall–Kier alpha value is -2.34. The molecule has 0 spiro atoms. The van der Waals surface area contributed by atoms with Crippen LogP contribution >= 0.6 is 23.2 Å². The highest BCUT2D eigenvalue weighted by atomic mass is 35.5. The Morgan fingerprint density at radius 2 is 2.00 bits per heavy atom. The van der Waals surface area contributed by atoms with Gasteiger partial charge in [-0.25, -0.2) is 9.67 Å². The van der Waals surface area contributed by atoms with Crippen LogP contribution in [0.4, 0.5) is 0 Å². The Kier molecular flexibility index (Phi) is 4.93. The van der Waals surface area contributed by atoms with E-state index in [-0.39, 0.29) is 6.10 Å². The summed E-state index contributed by atoms with van der Waals surface area (Å²) in [7, 11) is 0. The van der Waals surface area contributed by atoms with Crippen LogP contribution < -0.4 is 0 Å². The van der Waals surface area contributed by atoms with Gasteiger partial charge in [0.2, 0.25) is 0 Å². The maximum absolute atomic E-state index is 6.25. The van der Waals surface area contributed by atoms with E-state index in [9.17, 15) is 0 Å². The molecule has 1 unspecified atom stereocenters. The third kappa shape index (κ3) is 3.75. The SMILES string of the molecule is Clc1ccc(COC(Cn2cncn2)c2cc3ccccc3o2)c(Cl)c1. The zero-order chi connectivity index (χ0) is 17.9. The maximum Gasteiger partial charge on any atom is 0.137 e. The van der Waals surface area contributed by atoms with E-state index in [0.29, 0.717) is 23.2 Å². The number of hydrogen-bond donors (Lipinski definition) is 0. The number of para-hydroxylation sites is 1. The van der Waals surface area contributed by atoms with Gasteiger partial charge in [-0.2, -0.15) is 5.10 Å². The van der Waals surface area contributed by atoms with Crippen LogP contribution in [0.3, 0.4) is 0 Å². The normalized spacial score (nSPS) is 12.5. The molecule has 7 heteroatoms. The quantitative estimate of drug-likeness (QED) is 0.450. The molecule has 0 N–H and O–H groups in total. The van der Waals surface area contributed by atoms with Crippen molar-refractivity contribution in [1.29, 1.82) is 0 Å². The van der Waals surface area contributed by atoms with Gasteiger partial charge in [-0.1, -0.05) is 47.5 Å². The van der Waals surface area contributed by atoms with Gasteiger partial charge >= 0.3 is 0 Å². The second-order valence-corrected chi connectivity index (χ2v) is 6.68. The van der Waals surface area contributed by atoms with Crippen LogP contribution in [-0.4, -0.2) is 14.8 Å². The summed E-state index contributed by atoms with van der Waals surface area (Å²) in [4.78, 5) is 3.98. The molecule has 0 amide bonds.